The number of alkyl carbamates (subject to hydrolysis) is 1. The van der Waals surface area contributed by atoms with Gasteiger partial charge in [-0.05, 0) is 34.1 Å². The highest BCUT2D eigenvalue weighted by atomic mass is 16.5. The predicted octanol–water partition coefficient (Wildman–Crippen LogP) is 3.92. The van der Waals surface area contributed by atoms with Crippen LogP contribution in [0.2, 0.25) is 0 Å². The smallest absolute Gasteiger partial charge is 0.407 e. The molecule has 0 bridgehead atoms. The average Bonchev–Trinajstić information content (AvgIpc) is 3.07. The van der Waals surface area contributed by atoms with Crippen LogP contribution in [0.5, 0.6) is 0 Å². The minimum Gasteiger partial charge on any atom is -0.480 e. The van der Waals surface area contributed by atoms with E-state index in [4.69, 9.17) is 4.74 Å². The molecular formula is C25H30N2O5. The van der Waals surface area contributed by atoms with Gasteiger partial charge in [-0.25, -0.2) is 9.59 Å². The van der Waals surface area contributed by atoms with E-state index in [1.165, 1.54) is 0 Å². The van der Waals surface area contributed by atoms with Crippen LogP contribution in [0, 0.1) is 5.41 Å². The zero-order valence-corrected chi connectivity index (χ0v) is 18.8. The molecule has 7 heteroatoms. The lowest BCUT2D eigenvalue weighted by molar-refractivity contribution is -0.142. The molecule has 32 heavy (non-hydrogen) atoms. The third-order valence-corrected chi connectivity index (χ3v) is 5.76. The summed E-state index contributed by atoms with van der Waals surface area (Å²) in [5.41, 5.74) is 3.80. The van der Waals surface area contributed by atoms with Gasteiger partial charge in [0.25, 0.3) is 0 Å². The van der Waals surface area contributed by atoms with Gasteiger partial charge in [-0.3, -0.25) is 4.79 Å². The second kappa shape index (κ2) is 9.42. The molecule has 1 aliphatic rings. The van der Waals surface area contributed by atoms with E-state index in [-0.39, 0.29) is 18.9 Å². The van der Waals surface area contributed by atoms with Gasteiger partial charge in [0, 0.05) is 5.92 Å². The zero-order valence-electron chi connectivity index (χ0n) is 18.8. The summed E-state index contributed by atoms with van der Waals surface area (Å²) >= 11 is 0. The standard InChI is InChI=1S/C25H30N2O5/c1-5-20(23(29)30)26-22(28)21(25(2,3)4)27-24(31)32-14-19-17-12-8-6-10-15(17)16-11-7-9-13-18(16)19/h6-13,19-21H,5,14H2,1-4H3,(H,26,28)(H,27,31)(H,29,30)/t20-,21-/m0/s1. The van der Waals surface area contributed by atoms with Crippen molar-refractivity contribution in [2.24, 2.45) is 5.41 Å². The summed E-state index contributed by atoms with van der Waals surface area (Å²) in [6.45, 7) is 7.18. The quantitative estimate of drug-likeness (QED) is 0.608. The maximum Gasteiger partial charge on any atom is 0.407 e. The Morgan fingerprint density at radius 1 is 0.969 bits per heavy atom. The average molecular weight is 439 g/mol. The van der Waals surface area contributed by atoms with E-state index in [1.807, 2.05) is 36.4 Å². The number of carboxylic acids is 1. The molecular weight excluding hydrogens is 408 g/mol. The van der Waals surface area contributed by atoms with E-state index in [0.29, 0.717) is 0 Å². The predicted molar refractivity (Wildman–Crippen MR) is 121 cm³/mol. The molecule has 3 N–H and O–H groups in total. The fraction of sp³-hybridized carbons (Fsp3) is 0.400. The summed E-state index contributed by atoms with van der Waals surface area (Å²) in [4.78, 5) is 36.7. The van der Waals surface area contributed by atoms with Gasteiger partial charge in [0.05, 0.1) is 0 Å². The number of amides is 2. The Hall–Kier alpha value is -3.35. The fourth-order valence-corrected chi connectivity index (χ4v) is 4.03. The van der Waals surface area contributed by atoms with Crippen LogP contribution < -0.4 is 10.6 Å². The normalized spacial score (nSPS) is 14.6. The number of aliphatic carboxylic acids is 1. The van der Waals surface area contributed by atoms with Gasteiger partial charge in [-0.1, -0.05) is 76.2 Å². The lowest BCUT2D eigenvalue weighted by Crippen LogP contribution is -2.56. The Bertz CT molecular complexity index is 966. The molecule has 2 aromatic rings. The maximum absolute atomic E-state index is 12.7. The number of carbonyl (C=O) groups is 3. The van der Waals surface area contributed by atoms with Crippen LogP contribution in [-0.4, -0.2) is 41.8 Å². The molecule has 0 spiro atoms. The largest absolute Gasteiger partial charge is 0.480 e. The fourth-order valence-electron chi connectivity index (χ4n) is 4.03. The van der Waals surface area contributed by atoms with Gasteiger partial charge in [0.15, 0.2) is 0 Å². The lowest BCUT2D eigenvalue weighted by Gasteiger charge is -2.31. The molecule has 170 valence electrons. The minimum absolute atomic E-state index is 0.0912. The van der Waals surface area contributed by atoms with Gasteiger partial charge in [0.1, 0.15) is 18.7 Å². The van der Waals surface area contributed by atoms with E-state index >= 15 is 0 Å². The number of carboxylic acid groups (broad SMARTS) is 1. The molecule has 0 saturated heterocycles. The van der Waals surface area contributed by atoms with Crippen molar-refractivity contribution in [3.63, 3.8) is 0 Å². The van der Waals surface area contributed by atoms with Crippen LogP contribution in [0.1, 0.15) is 51.2 Å². The topological polar surface area (TPSA) is 105 Å². The Kier molecular flexibility index (Phi) is 6.87. The van der Waals surface area contributed by atoms with Gasteiger partial charge in [0.2, 0.25) is 5.91 Å². The van der Waals surface area contributed by atoms with Crippen molar-refractivity contribution in [1.82, 2.24) is 10.6 Å². The molecule has 0 aliphatic heterocycles. The number of benzene rings is 2. The maximum atomic E-state index is 12.7. The highest BCUT2D eigenvalue weighted by Gasteiger charge is 2.36. The zero-order chi connectivity index (χ0) is 23.5. The molecule has 1 aliphatic carbocycles. The molecule has 2 atom stereocenters. The first-order chi connectivity index (χ1) is 15.1. The minimum atomic E-state index is -1.12. The van der Waals surface area contributed by atoms with E-state index in [9.17, 15) is 19.5 Å². The van der Waals surface area contributed by atoms with Crippen molar-refractivity contribution in [2.75, 3.05) is 6.61 Å². The highest BCUT2D eigenvalue weighted by Crippen LogP contribution is 2.44. The number of hydrogen-bond donors (Lipinski definition) is 3. The van der Waals surface area contributed by atoms with Crippen molar-refractivity contribution in [3.8, 4) is 11.1 Å². The van der Waals surface area contributed by atoms with Crippen LogP contribution in [0.15, 0.2) is 48.5 Å². The molecule has 7 nitrogen and oxygen atoms in total. The summed E-state index contributed by atoms with van der Waals surface area (Å²) in [6, 6.07) is 14.1. The molecule has 0 saturated carbocycles. The Balaban J connectivity index is 1.70. The number of hydrogen-bond acceptors (Lipinski definition) is 4. The summed E-state index contributed by atoms with van der Waals surface area (Å²) in [7, 11) is 0. The third-order valence-electron chi connectivity index (χ3n) is 5.76. The third kappa shape index (κ3) is 4.93. The number of fused-ring (bicyclic) bond motifs is 3. The molecule has 3 rings (SSSR count). The van der Waals surface area contributed by atoms with Gasteiger partial charge < -0.3 is 20.5 Å². The molecule has 2 aromatic carbocycles. The van der Waals surface area contributed by atoms with Crippen LogP contribution >= 0.6 is 0 Å². The molecule has 0 aromatic heterocycles. The second-order valence-corrected chi connectivity index (χ2v) is 9.08. The molecule has 2 amide bonds. The van der Waals surface area contributed by atoms with Crippen molar-refractivity contribution in [2.45, 2.75) is 52.1 Å². The van der Waals surface area contributed by atoms with Gasteiger partial charge in [-0.15, -0.1) is 0 Å². The Labute approximate surface area is 188 Å². The van der Waals surface area contributed by atoms with Crippen molar-refractivity contribution in [1.29, 1.82) is 0 Å². The van der Waals surface area contributed by atoms with E-state index in [1.54, 1.807) is 27.7 Å². The number of nitrogens with one attached hydrogen (secondary N) is 2. The van der Waals surface area contributed by atoms with Crippen molar-refractivity contribution >= 4 is 18.0 Å². The summed E-state index contributed by atoms with van der Waals surface area (Å²) in [5, 5.41) is 14.4. The van der Waals surface area contributed by atoms with Crippen LogP contribution in [-0.2, 0) is 14.3 Å². The molecule has 0 radical (unpaired) electrons. The molecule has 0 heterocycles. The lowest BCUT2D eigenvalue weighted by atomic mass is 9.86. The van der Waals surface area contributed by atoms with Crippen molar-refractivity contribution < 1.29 is 24.2 Å². The van der Waals surface area contributed by atoms with Crippen LogP contribution in [0.3, 0.4) is 0 Å². The van der Waals surface area contributed by atoms with Gasteiger partial charge in [-0.2, -0.15) is 0 Å². The molecule has 0 fully saturated rings. The Morgan fingerprint density at radius 2 is 1.50 bits per heavy atom. The van der Waals surface area contributed by atoms with Crippen LogP contribution in [0.4, 0.5) is 4.79 Å². The SMILES string of the molecule is CC[C@H](NC(=O)[C@H](NC(=O)OCC1c2ccccc2-c2ccccc21)C(C)(C)C)C(=O)O. The Morgan fingerprint density at radius 3 is 1.97 bits per heavy atom. The van der Waals surface area contributed by atoms with Gasteiger partial charge >= 0.3 is 12.1 Å². The summed E-state index contributed by atoms with van der Waals surface area (Å²) in [5.74, 6) is -1.76. The number of rotatable bonds is 7. The first-order valence-electron chi connectivity index (χ1n) is 10.8. The van der Waals surface area contributed by atoms with E-state index < -0.39 is 35.5 Å². The number of carbonyl (C=O) groups excluding carboxylic acids is 2. The second-order valence-electron chi connectivity index (χ2n) is 9.08. The molecule has 0 unspecified atom stereocenters. The summed E-state index contributed by atoms with van der Waals surface area (Å²) < 4.78 is 5.55. The van der Waals surface area contributed by atoms with Crippen molar-refractivity contribution in [3.05, 3.63) is 59.7 Å². The monoisotopic (exact) mass is 438 g/mol. The first-order valence-corrected chi connectivity index (χ1v) is 10.8. The number of ether oxygens (including phenoxy) is 1. The van der Waals surface area contributed by atoms with Crippen LogP contribution in [0.25, 0.3) is 11.1 Å². The highest BCUT2D eigenvalue weighted by molar-refractivity contribution is 5.89. The summed E-state index contributed by atoms with van der Waals surface area (Å²) in [6.07, 6.45) is -0.478. The van der Waals surface area contributed by atoms with E-state index in [2.05, 4.69) is 22.8 Å². The van der Waals surface area contributed by atoms with E-state index in [0.717, 1.165) is 22.3 Å². The first kappa shape index (κ1) is 23.3.